The summed E-state index contributed by atoms with van der Waals surface area (Å²) in [4.78, 5) is 17.5. The van der Waals surface area contributed by atoms with Crippen LogP contribution in [0.3, 0.4) is 0 Å². The van der Waals surface area contributed by atoms with Gasteiger partial charge in [-0.05, 0) is 49.1 Å². The molecule has 2 aromatic carbocycles. The molecule has 1 amide bonds. The first-order chi connectivity index (χ1) is 16.9. The maximum absolute atomic E-state index is 12.2. The smallest absolute Gasteiger partial charge is 0.410 e. The number of benzene rings is 2. The quantitative estimate of drug-likeness (QED) is 0.271. The summed E-state index contributed by atoms with van der Waals surface area (Å²) < 4.78 is 12.4. The molecule has 0 spiro atoms. The van der Waals surface area contributed by atoms with Crippen LogP contribution in [-0.4, -0.2) is 64.2 Å². The monoisotopic (exact) mass is 509 g/mol. The number of ether oxygens (including phenoxy) is 1. The largest absolute Gasteiger partial charge is 0.444 e. The number of hydrogen-bond acceptors (Lipinski definition) is 4. The molecule has 0 saturated carbocycles. The number of rotatable bonds is 11. The van der Waals surface area contributed by atoms with Gasteiger partial charge in [-0.1, -0.05) is 81.4 Å². The minimum Gasteiger partial charge on any atom is -0.444 e. The van der Waals surface area contributed by atoms with E-state index in [9.17, 15) is 4.79 Å². The molecule has 1 atom stereocenters. The molecule has 0 heterocycles. The second-order valence-corrected chi connectivity index (χ2v) is 15.5. The maximum atomic E-state index is 12.2. The molecule has 1 N–H and O–H groups in total. The van der Waals surface area contributed by atoms with Crippen LogP contribution >= 0.6 is 0 Å². The molecule has 0 aliphatic heterocycles. The van der Waals surface area contributed by atoms with Gasteiger partial charge in [0.25, 0.3) is 8.32 Å². The molecule has 0 saturated heterocycles. The summed E-state index contributed by atoms with van der Waals surface area (Å²) in [6.07, 6.45) is 0.430. The molecule has 6 nitrogen and oxygen atoms in total. The van der Waals surface area contributed by atoms with Crippen LogP contribution in [0.1, 0.15) is 48.0 Å². The van der Waals surface area contributed by atoms with Crippen molar-refractivity contribution in [2.75, 3.05) is 33.3 Å². The highest BCUT2D eigenvalue weighted by Gasteiger charge is 2.50. The van der Waals surface area contributed by atoms with Crippen LogP contribution < -0.4 is 15.7 Å². The molecule has 2 rings (SSSR count). The molecule has 0 aliphatic rings. The Morgan fingerprint density at radius 2 is 1.53 bits per heavy atom. The van der Waals surface area contributed by atoms with Crippen molar-refractivity contribution in [3.63, 3.8) is 0 Å². The molecule has 36 heavy (non-hydrogen) atoms. The van der Waals surface area contributed by atoms with Crippen molar-refractivity contribution >= 4 is 24.8 Å². The Morgan fingerprint density at radius 1 is 1.00 bits per heavy atom. The number of amides is 1. The summed E-state index contributed by atoms with van der Waals surface area (Å²) in [5, 5.41) is 5.83. The number of nitrogens with zero attached hydrogens (tertiary/aromatic N) is 2. The fraction of sp³-hybridized carbons (Fsp3) is 0.517. The minimum absolute atomic E-state index is 0.101. The lowest BCUT2D eigenvalue weighted by Crippen LogP contribution is -2.67. The van der Waals surface area contributed by atoms with Gasteiger partial charge >= 0.3 is 6.09 Å². The van der Waals surface area contributed by atoms with Gasteiger partial charge in [0.05, 0.1) is 6.61 Å². The van der Waals surface area contributed by atoms with E-state index in [1.807, 2.05) is 32.9 Å². The standard InChI is InChI=1S/C29H43N3O3Si/c1-28(2,3)35-27(33)32(8)21-15-20-31-24(22-30-7)23-34-36(29(4,5)6,25-16-11-9-12-17-25)26-18-13-10-14-19-26/h9-14,16-19,24,31H,15,20-23H2,1-6,8H3. The first-order valence-corrected chi connectivity index (χ1v) is 14.6. The van der Waals surface area contributed by atoms with Crippen LogP contribution in [-0.2, 0) is 9.16 Å². The summed E-state index contributed by atoms with van der Waals surface area (Å²) >= 11 is 0. The van der Waals surface area contributed by atoms with Gasteiger partial charge in [0, 0.05) is 13.6 Å². The van der Waals surface area contributed by atoms with Crippen LogP contribution in [0.25, 0.3) is 4.85 Å². The molecule has 1 unspecified atom stereocenters. The van der Waals surface area contributed by atoms with Crippen molar-refractivity contribution in [1.82, 2.24) is 10.2 Å². The molecule has 0 aliphatic carbocycles. The summed E-state index contributed by atoms with van der Waals surface area (Å²) in [5.41, 5.74) is -0.511. The third kappa shape index (κ3) is 8.19. The summed E-state index contributed by atoms with van der Waals surface area (Å²) in [6.45, 7) is 21.8. The summed E-state index contributed by atoms with van der Waals surface area (Å²) in [6, 6.07) is 21.0. The highest BCUT2D eigenvalue weighted by atomic mass is 28.4. The third-order valence-corrected chi connectivity index (χ3v) is 11.0. The Morgan fingerprint density at radius 3 is 1.97 bits per heavy atom. The normalized spacial score (nSPS) is 13.1. The Kier molecular flexibility index (Phi) is 10.7. The van der Waals surface area contributed by atoms with Crippen LogP contribution in [0.4, 0.5) is 4.79 Å². The van der Waals surface area contributed by atoms with Gasteiger partial charge in [0.15, 0.2) is 0 Å². The minimum atomic E-state index is -2.66. The van der Waals surface area contributed by atoms with Gasteiger partial charge in [-0.3, -0.25) is 0 Å². The predicted octanol–water partition coefficient (Wildman–Crippen LogP) is 4.70. The van der Waals surface area contributed by atoms with Gasteiger partial charge in [-0.2, -0.15) is 0 Å². The van der Waals surface area contributed by atoms with E-state index in [0.717, 1.165) is 6.42 Å². The molecule has 0 aromatic heterocycles. The van der Waals surface area contributed by atoms with Crippen LogP contribution in [0, 0.1) is 6.57 Å². The molecule has 0 radical (unpaired) electrons. The van der Waals surface area contributed by atoms with Crippen molar-refractivity contribution in [1.29, 1.82) is 0 Å². The van der Waals surface area contributed by atoms with Crippen molar-refractivity contribution in [2.24, 2.45) is 0 Å². The van der Waals surface area contributed by atoms with E-state index in [4.69, 9.17) is 15.7 Å². The van der Waals surface area contributed by atoms with E-state index < -0.39 is 13.9 Å². The third-order valence-electron chi connectivity index (χ3n) is 6.04. The van der Waals surface area contributed by atoms with Crippen LogP contribution in [0.5, 0.6) is 0 Å². The second kappa shape index (κ2) is 13.0. The molecule has 7 heteroatoms. The number of carbonyl (C=O) groups excluding carboxylic acids is 1. The SMILES string of the molecule is [C-]#[N+]CC(CO[Si](c1ccccc1)(c1ccccc1)C(C)(C)C)NCCCN(C)C(=O)OC(C)(C)C. The molecule has 0 bridgehead atoms. The molecule has 0 fully saturated rings. The van der Waals surface area contributed by atoms with E-state index in [2.05, 4.69) is 79.5 Å². The van der Waals surface area contributed by atoms with Crippen molar-refractivity contribution in [2.45, 2.75) is 64.6 Å². The summed E-state index contributed by atoms with van der Waals surface area (Å²) in [5.74, 6) is 0. The average Bonchev–Trinajstić information content (AvgIpc) is 2.81. The number of hydrogen-bond donors (Lipinski definition) is 1. The Labute approximate surface area is 218 Å². The lowest BCUT2D eigenvalue weighted by molar-refractivity contribution is 0.0297. The zero-order valence-electron chi connectivity index (χ0n) is 23.0. The number of carbonyl (C=O) groups is 1. The van der Waals surface area contributed by atoms with E-state index in [1.165, 1.54) is 10.4 Å². The average molecular weight is 510 g/mol. The molecule has 2 aromatic rings. The highest BCUT2D eigenvalue weighted by Crippen LogP contribution is 2.36. The predicted molar refractivity (Wildman–Crippen MR) is 150 cm³/mol. The summed E-state index contributed by atoms with van der Waals surface area (Å²) in [7, 11) is -0.910. The topological polar surface area (TPSA) is 55.2 Å². The van der Waals surface area contributed by atoms with Crippen LogP contribution in [0.15, 0.2) is 60.7 Å². The van der Waals surface area contributed by atoms with E-state index >= 15 is 0 Å². The Balaban J connectivity index is 2.13. The second-order valence-electron chi connectivity index (χ2n) is 11.2. The van der Waals surface area contributed by atoms with Gasteiger partial charge < -0.3 is 24.2 Å². The molecular formula is C29H43N3O3Si. The van der Waals surface area contributed by atoms with Crippen molar-refractivity contribution in [3.8, 4) is 0 Å². The Bertz CT molecular complexity index is 939. The lowest BCUT2D eigenvalue weighted by Gasteiger charge is -2.43. The van der Waals surface area contributed by atoms with Gasteiger partial charge in [-0.15, -0.1) is 0 Å². The van der Waals surface area contributed by atoms with Crippen molar-refractivity contribution in [3.05, 3.63) is 72.1 Å². The van der Waals surface area contributed by atoms with Crippen molar-refractivity contribution < 1.29 is 14.0 Å². The van der Waals surface area contributed by atoms with Gasteiger partial charge in [-0.25, -0.2) is 11.4 Å². The van der Waals surface area contributed by atoms with Gasteiger partial charge in [0.2, 0.25) is 6.54 Å². The van der Waals surface area contributed by atoms with E-state index in [-0.39, 0.29) is 17.2 Å². The zero-order chi connectivity index (χ0) is 26.8. The van der Waals surface area contributed by atoms with E-state index in [0.29, 0.717) is 26.2 Å². The zero-order valence-corrected chi connectivity index (χ0v) is 24.0. The van der Waals surface area contributed by atoms with E-state index in [1.54, 1.807) is 11.9 Å². The lowest BCUT2D eigenvalue weighted by atomic mass is 10.2. The fourth-order valence-electron chi connectivity index (χ4n) is 4.33. The van der Waals surface area contributed by atoms with Crippen LogP contribution in [0.2, 0.25) is 5.04 Å². The number of nitrogens with one attached hydrogen (secondary N) is 1. The maximum Gasteiger partial charge on any atom is 0.410 e. The van der Waals surface area contributed by atoms with Gasteiger partial charge in [0.1, 0.15) is 11.6 Å². The Hall–Kier alpha value is -2.66. The molecular weight excluding hydrogens is 466 g/mol. The first kappa shape index (κ1) is 29.6. The fourth-order valence-corrected chi connectivity index (χ4v) is 8.93. The first-order valence-electron chi connectivity index (χ1n) is 12.7. The highest BCUT2D eigenvalue weighted by molar-refractivity contribution is 6.99. The molecule has 196 valence electrons.